The Morgan fingerprint density at radius 3 is 2.84 bits per heavy atom. The molecule has 19 heavy (non-hydrogen) atoms. The van der Waals surface area contributed by atoms with E-state index in [0.29, 0.717) is 22.5 Å². The molecule has 0 aromatic heterocycles. The SMILES string of the molecule is CC1(C)CCCC1NCc1ccc(Br)c([N+](=O)[O-])c1. The molecule has 5 heteroatoms. The van der Waals surface area contributed by atoms with Crippen molar-refractivity contribution >= 4 is 21.6 Å². The fourth-order valence-corrected chi connectivity index (χ4v) is 3.15. The van der Waals surface area contributed by atoms with E-state index in [1.54, 1.807) is 12.1 Å². The van der Waals surface area contributed by atoms with Crippen LogP contribution in [0.2, 0.25) is 0 Å². The highest BCUT2D eigenvalue weighted by atomic mass is 79.9. The molecule has 104 valence electrons. The van der Waals surface area contributed by atoms with Crippen LogP contribution in [-0.4, -0.2) is 11.0 Å². The van der Waals surface area contributed by atoms with Crippen LogP contribution in [0, 0.1) is 15.5 Å². The lowest BCUT2D eigenvalue weighted by Crippen LogP contribution is -2.37. The quantitative estimate of drug-likeness (QED) is 0.671. The minimum absolute atomic E-state index is 0.130. The van der Waals surface area contributed by atoms with Crippen LogP contribution in [0.4, 0.5) is 5.69 Å². The first-order valence-corrected chi connectivity index (χ1v) is 7.36. The Hall–Kier alpha value is -0.940. The van der Waals surface area contributed by atoms with E-state index in [9.17, 15) is 10.1 Å². The van der Waals surface area contributed by atoms with Gasteiger partial charge in [0.2, 0.25) is 0 Å². The molecule has 0 aliphatic heterocycles. The highest BCUT2D eigenvalue weighted by Crippen LogP contribution is 2.37. The molecule has 1 fully saturated rings. The van der Waals surface area contributed by atoms with E-state index in [4.69, 9.17) is 0 Å². The lowest BCUT2D eigenvalue weighted by Gasteiger charge is -2.28. The third-order valence-electron chi connectivity index (χ3n) is 4.02. The molecule has 1 saturated carbocycles. The number of nitro benzene ring substituents is 1. The van der Waals surface area contributed by atoms with Crippen LogP contribution in [0.5, 0.6) is 0 Å². The number of hydrogen-bond acceptors (Lipinski definition) is 3. The maximum Gasteiger partial charge on any atom is 0.283 e. The van der Waals surface area contributed by atoms with Crippen molar-refractivity contribution in [1.82, 2.24) is 5.32 Å². The normalized spacial score (nSPS) is 21.5. The van der Waals surface area contributed by atoms with Crippen LogP contribution in [0.1, 0.15) is 38.7 Å². The molecule has 1 unspecified atom stereocenters. The molecular weight excluding hydrogens is 308 g/mol. The number of nitro groups is 1. The van der Waals surface area contributed by atoms with Crippen molar-refractivity contribution in [1.29, 1.82) is 0 Å². The summed E-state index contributed by atoms with van der Waals surface area (Å²) < 4.78 is 0.530. The summed E-state index contributed by atoms with van der Waals surface area (Å²) in [5.74, 6) is 0. The second-order valence-electron chi connectivity index (χ2n) is 5.86. The molecule has 1 atom stereocenters. The van der Waals surface area contributed by atoms with Crippen LogP contribution in [0.15, 0.2) is 22.7 Å². The van der Waals surface area contributed by atoms with Crippen LogP contribution in [-0.2, 0) is 6.54 Å². The molecule has 4 nitrogen and oxygen atoms in total. The predicted molar refractivity (Wildman–Crippen MR) is 79.1 cm³/mol. The lowest BCUT2D eigenvalue weighted by atomic mass is 9.87. The van der Waals surface area contributed by atoms with E-state index in [2.05, 4.69) is 35.1 Å². The van der Waals surface area contributed by atoms with Gasteiger partial charge in [-0.15, -0.1) is 0 Å². The second kappa shape index (κ2) is 5.59. The standard InChI is InChI=1S/C14H19BrN2O2/c1-14(2)7-3-4-13(14)16-9-10-5-6-11(15)12(8-10)17(18)19/h5-6,8,13,16H,3-4,7,9H2,1-2H3. The Morgan fingerprint density at radius 1 is 1.53 bits per heavy atom. The van der Waals surface area contributed by atoms with E-state index in [1.165, 1.54) is 19.3 Å². The average molecular weight is 327 g/mol. The first-order valence-electron chi connectivity index (χ1n) is 6.56. The van der Waals surface area contributed by atoms with Gasteiger partial charge < -0.3 is 5.32 Å². The highest BCUT2D eigenvalue weighted by Gasteiger charge is 2.33. The molecule has 1 aromatic rings. The monoisotopic (exact) mass is 326 g/mol. The number of nitrogens with zero attached hydrogens (tertiary/aromatic N) is 1. The fourth-order valence-electron chi connectivity index (χ4n) is 2.75. The smallest absolute Gasteiger partial charge is 0.283 e. The van der Waals surface area contributed by atoms with Crippen LogP contribution in [0.25, 0.3) is 0 Å². The van der Waals surface area contributed by atoms with Gasteiger partial charge in [0.05, 0.1) is 9.40 Å². The van der Waals surface area contributed by atoms with Gasteiger partial charge in [0.1, 0.15) is 0 Å². The van der Waals surface area contributed by atoms with Crippen LogP contribution >= 0.6 is 15.9 Å². The zero-order valence-electron chi connectivity index (χ0n) is 11.3. The molecule has 2 rings (SSSR count). The Bertz CT molecular complexity index is 488. The predicted octanol–water partition coefficient (Wildman–Crippen LogP) is 4.03. The average Bonchev–Trinajstić information content (AvgIpc) is 2.67. The van der Waals surface area contributed by atoms with Gasteiger partial charge in [-0.1, -0.05) is 26.3 Å². The number of benzene rings is 1. The van der Waals surface area contributed by atoms with E-state index in [0.717, 1.165) is 5.56 Å². The molecule has 1 aromatic carbocycles. The molecule has 0 radical (unpaired) electrons. The molecule has 0 heterocycles. The summed E-state index contributed by atoms with van der Waals surface area (Å²) in [6, 6.07) is 5.80. The summed E-state index contributed by atoms with van der Waals surface area (Å²) in [5.41, 5.74) is 1.41. The van der Waals surface area contributed by atoms with Gasteiger partial charge in [-0.3, -0.25) is 10.1 Å². The molecule has 0 amide bonds. The van der Waals surface area contributed by atoms with Gasteiger partial charge in [-0.05, 0) is 45.8 Å². The van der Waals surface area contributed by atoms with Crippen molar-refractivity contribution < 1.29 is 4.92 Å². The first kappa shape index (κ1) is 14.5. The number of hydrogen-bond donors (Lipinski definition) is 1. The molecule has 1 aliphatic carbocycles. The molecule has 1 aliphatic rings. The maximum absolute atomic E-state index is 10.9. The minimum atomic E-state index is -0.354. The van der Waals surface area contributed by atoms with Crippen molar-refractivity contribution in [2.45, 2.75) is 45.7 Å². The third-order valence-corrected chi connectivity index (χ3v) is 4.69. The number of nitrogens with one attached hydrogen (secondary N) is 1. The van der Waals surface area contributed by atoms with Crippen LogP contribution < -0.4 is 5.32 Å². The summed E-state index contributed by atoms with van der Waals surface area (Å²) in [7, 11) is 0. The van der Waals surface area contributed by atoms with E-state index in [1.807, 2.05) is 6.07 Å². The minimum Gasteiger partial charge on any atom is -0.309 e. The molecular formula is C14H19BrN2O2. The van der Waals surface area contributed by atoms with Crippen molar-refractivity contribution in [3.63, 3.8) is 0 Å². The highest BCUT2D eigenvalue weighted by molar-refractivity contribution is 9.10. The van der Waals surface area contributed by atoms with Gasteiger partial charge in [0.15, 0.2) is 0 Å². The Morgan fingerprint density at radius 2 is 2.26 bits per heavy atom. The van der Waals surface area contributed by atoms with Crippen molar-refractivity contribution in [2.75, 3.05) is 0 Å². The zero-order valence-corrected chi connectivity index (χ0v) is 12.9. The second-order valence-corrected chi connectivity index (χ2v) is 6.71. The summed E-state index contributed by atoms with van der Waals surface area (Å²) in [6.07, 6.45) is 3.68. The van der Waals surface area contributed by atoms with Gasteiger partial charge in [0.25, 0.3) is 5.69 Å². The molecule has 0 spiro atoms. The topological polar surface area (TPSA) is 55.2 Å². The maximum atomic E-state index is 10.9. The summed E-state index contributed by atoms with van der Waals surface area (Å²) in [5, 5.41) is 14.4. The summed E-state index contributed by atoms with van der Waals surface area (Å²) in [4.78, 5) is 10.5. The fraction of sp³-hybridized carbons (Fsp3) is 0.571. The van der Waals surface area contributed by atoms with Crippen molar-refractivity contribution in [3.05, 3.63) is 38.3 Å². The van der Waals surface area contributed by atoms with E-state index < -0.39 is 0 Å². The molecule has 0 bridgehead atoms. The molecule has 1 N–H and O–H groups in total. The zero-order chi connectivity index (χ0) is 14.0. The lowest BCUT2D eigenvalue weighted by molar-refractivity contribution is -0.385. The van der Waals surface area contributed by atoms with Crippen LogP contribution in [0.3, 0.4) is 0 Å². The van der Waals surface area contributed by atoms with Crippen molar-refractivity contribution in [3.8, 4) is 0 Å². The molecule has 0 saturated heterocycles. The Labute approximate surface area is 121 Å². The van der Waals surface area contributed by atoms with Gasteiger partial charge >= 0.3 is 0 Å². The largest absolute Gasteiger partial charge is 0.309 e. The first-order chi connectivity index (χ1) is 8.90. The summed E-state index contributed by atoms with van der Waals surface area (Å²) in [6.45, 7) is 5.24. The summed E-state index contributed by atoms with van der Waals surface area (Å²) >= 11 is 3.20. The van der Waals surface area contributed by atoms with Gasteiger partial charge in [-0.2, -0.15) is 0 Å². The van der Waals surface area contributed by atoms with E-state index >= 15 is 0 Å². The number of halogens is 1. The van der Waals surface area contributed by atoms with Crippen molar-refractivity contribution in [2.24, 2.45) is 5.41 Å². The Balaban J connectivity index is 2.04. The van der Waals surface area contributed by atoms with Gasteiger partial charge in [0, 0.05) is 18.7 Å². The van der Waals surface area contributed by atoms with E-state index in [-0.39, 0.29) is 10.6 Å². The van der Waals surface area contributed by atoms with Gasteiger partial charge in [-0.25, -0.2) is 0 Å². The Kier molecular flexibility index (Phi) is 4.26. The third kappa shape index (κ3) is 3.34. The number of rotatable bonds is 4.